The summed E-state index contributed by atoms with van der Waals surface area (Å²) in [5, 5.41) is 0. The second-order valence-corrected chi connectivity index (χ2v) is 10.2. The molecular formula is C25H23N3O5S. The van der Waals surface area contributed by atoms with Crippen LogP contribution in [0.25, 0.3) is 11.1 Å². The van der Waals surface area contributed by atoms with E-state index in [1.54, 1.807) is 24.1 Å². The van der Waals surface area contributed by atoms with Gasteiger partial charge in [0.1, 0.15) is 0 Å². The maximum absolute atomic E-state index is 13.1. The quantitative estimate of drug-likeness (QED) is 0.476. The Bertz CT molecular complexity index is 1600. The number of hydrogen-bond acceptors (Lipinski definition) is 5. The monoisotopic (exact) mass is 477 g/mol. The van der Waals surface area contributed by atoms with Gasteiger partial charge in [-0.2, -0.15) is 0 Å². The first-order chi connectivity index (χ1) is 16.2. The zero-order chi connectivity index (χ0) is 24.0. The van der Waals surface area contributed by atoms with Gasteiger partial charge >= 0.3 is 5.76 Å². The Kier molecular flexibility index (Phi) is 5.38. The lowest BCUT2D eigenvalue weighted by Crippen LogP contribution is -2.29. The fourth-order valence-electron chi connectivity index (χ4n) is 4.22. The Labute approximate surface area is 196 Å². The van der Waals surface area contributed by atoms with Crippen LogP contribution in [0.4, 0.5) is 5.69 Å². The number of carbonyl (C=O) groups excluding carboxylic acids is 1. The van der Waals surface area contributed by atoms with Crippen molar-refractivity contribution in [3.63, 3.8) is 0 Å². The van der Waals surface area contributed by atoms with Crippen LogP contribution >= 0.6 is 0 Å². The SMILES string of the molecule is Cc1cccc(C(=O)N2CCc3ccc(CNS(=O)(=O)c4ccc5c(c4)oc(=O)n5C)cc32)c1. The Morgan fingerprint density at radius 3 is 2.71 bits per heavy atom. The number of amides is 1. The second-order valence-electron chi connectivity index (χ2n) is 8.42. The molecule has 1 aromatic heterocycles. The molecule has 174 valence electrons. The number of benzene rings is 3. The lowest BCUT2D eigenvalue weighted by molar-refractivity contribution is 0.0989. The van der Waals surface area contributed by atoms with Crippen LogP contribution in [0, 0.1) is 6.92 Å². The van der Waals surface area contributed by atoms with Crippen LogP contribution in [0.3, 0.4) is 0 Å². The molecule has 34 heavy (non-hydrogen) atoms. The lowest BCUT2D eigenvalue weighted by Gasteiger charge is -2.18. The molecule has 3 aromatic carbocycles. The minimum Gasteiger partial charge on any atom is -0.408 e. The van der Waals surface area contributed by atoms with Gasteiger partial charge in [-0.15, -0.1) is 0 Å². The van der Waals surface area contributed by atoms with E-state index in [1.807, 2.05) is 43.3 Å². The molecule has 0 fully saturated rings. The zero-order valence-corrected chi connectivity index (χ0v) is 19.6. The number of nitrogens with one attached hydrogen (secondary N) is 1. The zero-order valence-electron chi connectivity index (χ0n) is 18.7. The average molecular weight is 478 g/mol. The molecule has 9 heteroatoms. The molecule has 0 spiro atoms. The number of aryl methyl sites for hydroxylation is 2. The minimum absolute atomic E-state index is 0.00626. The molecule has 5 rings (SSSR count). The Morgan fingerprint density at radius 2 is 1.91 bits per heavy atom. The smallest absolute Gasteiger partial charge is 0.408 e. The van der Waals surface area contributed by atoms with E-state index in [1.165, 1.54) is 16.7 Å². The van der Waals surface area contributed by atoms with Crippen LogP contribution in [-0.2, 0) is 30.0 Å². The summed E-state index contributed by atoms with van der Waals surface area (Å²) in [7, 11) is -2.29. The van der Waals surface area contributed by atoms with Gasteiger partial charge in [0.05, 0.1) is 10.4 Å². The molecule has 0 saturated heterocycles. The Hall–Kier alpha value is -3.69. The molecule has 2 heterocycles. The van der Waals surface area contributed by atoms with Gasteiger partial charge in [-0.1, -0.05) is 29.8 Å². The van der Waals surface area contributed by atoms with Gasteiger partial charge < -0.3 is 9.32 Å². The van der Waals surface area contributed by atoms with Crippen LogP contribution in [-0.4, -0.2) is 25.4 Å². The van der Waals surface area contributed by atoms with E-state index in [2.05, 4.69) is 4.72 Å². The number of carbonyl (C=O) groups is 1. The highest BCUT2D eigenvalue weighted by Crippen LogP contribution is 2.31. The standard InChI is InChI=1S/C25H23N3O5S/c1-16-4-3-5-19(12-16)24(29)28-11-10-18-7-6-17(13-22(18)28)15-26-34(31,32)20-8-9-21-23(14-20)33-25(30)27(21)2/h3-9,12-14,26H,10-11,15H2,1-2H3. The summed E-state index contributed by atoms with van der Waals surface area (Å²) in [6.45, 7) is 2.58. The van der Waals surface area contributed by atoms with Gasteiger partial charge in [-0.3, -0.25) is 9.36 Å². The molecule has 1 aliphatic rings. The number of nitrogens with zero attached hydrogens (tertiary/aromatic N) is 2. The van der Waals surface area contributed by atoms with Crippen molar-refractivity contribution < 1.29 is 17.6 Å². The molecule has 0 bridgehead atoms. The van der Waals surface area contributed by atoms with E-state index >= 15 is 0 Å². The second kappa shape index (κ2) is 8.27. The molecule has 0 aliphatic carbocycles. The van der Waals surface area contributed by atoms with Crippen LogP contribution < -0.4 is 15.4 Å². The fraction of sp³-hybridized carbons (Fsp3) is 0.200. The molecule has 4 aromatic rings. The molecule has 1 amide bonds. The van der Waals surface area contributed by atoms with Crippen molar-refractivity contribution in [2.45, 2.75) is 24.8 Å². The van der Waals surface area contributed by atoms with E-state index in [-0.39, 0.29) is 22.9 Å². The summed E-state index contributed by atoms with van der Waals surface area (Å²) in [6.07, 6.45) is 0.751. The molecule has 8 nitrogen and oxygen atoms in total. The molecule has 0 saturated carbocycles. The van der Waals surface area contributed by atoms with Crippen molar-refractivity contribution in [3.8, 4) is 0 Å². The highest BCUT2D eigenvalue weighted by molar-refractivity contribution is 7.89. The van der Waals surface area contributed by atoms with E-state index < -0.39 is 15.8 Å². The summed E-state index contributed by atoms with van der Waals surface area (Å²) < 4.78 is 34.7. The van der Waals surface area contributed by atoms with Crippen molar-refractivity contribution in [3.05, 3.63) is 93.5 Å². The Balaban J connectivity index is 1.36. The van der Waals surface area contributed by atoms with Crippen molar-refractivity contribution in [2.24, 2.45) is 7.05 Å². The minimum atomic E-state index is -3.85. The van der Waals surface area contributed by atoms with Crippen molar-refractivity contribution in [2.75, 3.05) is 11.4 Å². The predicted molar refractivity (Wildman–Crippen MR) is 128 cm³/mol. The average Bonchev–Trinajstić information content (AvgIpc) is 3.37. The topological polar surface area (TPSA) is 102 Å². The van der Waals surface area contributed by atoms with Gasteiger partial charge in [0.25, 0.3) is 5.91 Å². The summed E-state index contributed by atoms with van der Waals surface area (Å²) in [5.74, 6) is -0.627. The highest BCUT2D eigenvalue weighted by Gasteiger charge is 2.26. The number of oxazole rings is 1. The molecule has 1 aliphatic heterocycles. The van der Waals surface area contributed by atoms with Crippen molar-refractivity contribution >= 4 is 32.7 Å². The van der Waals surface area contributed by atoms with E-state index in [9.17, 15) is 18.0 Å². The summed E-state index contributed by atoms with van der Waals surface area (Å²) in [5.41, 5.74) is 4.95. The van der Waals surface area contributed by atoms with E-state index in [0.29, 0.717) is 17.6 Å². The number of fused-ring (bicyclic) bond motifs is 2. The molecule has 1 N–H and O–H groups in total. The summed E-state index contributed by atoms with van der Waals surface area (Å²) >= 11 is 0. The third-order valence-electron chi connectivity index (χ3n) is 6.10. The van der Waals surface area contributed by atoms with Gasteiger partial charge in [0.2, 0.25) is 10.0 Å². The number of anilines is 1. The van der Waals surface area contributed by atoms with Crippen LogP contribution in [0.5, 0.6) is 0 Å². The third-order valence-corrected chi connectivity index (χ3v) is 7.49. The first-order valence-corrected chi connectivity index (χ1v) is 12.3. The van der Waals surface area contributed by atoms with Gasteiger partial charge in [0, 0.05) is 37.5 Å². The van der Waals surface area contributed by atoms with Crippen LogP contribution in [0.15, 0.2) is 74.8 Å². The molecule has 0 atom stereocenters. The maximum Gasteiger partial charge on any atom is 0.419 e. The van der Waals surface area contributed by atoms with Crippen molar-refractivity contribution in [1.29, 1.82) is 0 Å². The molecule has 0 radical (unpaired) electrons. The van der Waals surface area contributed by atoms with Gasteiger partial charge in [0.15, 0.2) is 5.58 Å². The number of aromatic nitrogens is 1. The number of hydrogen-bond donors (Lipinski definition) is 1. The third kappa shape index (κ3) is 3.93. The van der Waals surface area contributed by atoms with E-state index in [0.717, 1.165) is 28.8 Å². The fourth-order valence-corrected chi connectivity index (χ4v) is 5.26. The van der Waals surface area contributed by atoms with E-state index in [4.69, 9.17) is 4.42 Å². The maximum atomic E-state index is 13.1. The lowest BCUT2D eigenvalue weighted by atomic mass is 10.1. The first kappa shape index (κ1) is 22.1. The Morgan fingerprint density at radius 1 is 1.09 bits per heavy atom. The largest absolute Gasteiger partial charge is 0.419 e. The van der Waals surface area contributed by atoms with Gasteiger partial charge in [-0.25, -0.2) is 17.9 Å². The number of rotatable bonds is 5. The summed E-state index contributed by atoms with van der Waals surface area (Å²) in [6, 6.07) is 17.5. The normalized spacial score (nSPS) is 13.4. The summed E-state index contributed by atoms with van der Waals surface area (Å²) in [4.78, 5) is 26.5. The molecular weight excluding hydrogens is 454 g/mol. The predicted octanol–water partition coefficient (Wildman–Crippen LogP) is 3.12. The van der Waals surface area contributed by atoms with Crippen LogP contribution in [0.1, 0.15) is 27.0 Å². The highest BCUT2D eigenvalue weighted by atomic mass is 32.2. The molecule has 0 unspecified atom stereocenters. The first-order valence-electron chi connectivity index (χ1n) is 10.8. The van der Waals surface area contributed by atoms with Gasteiger partial charge in [-0.05, 0) is 54.8 Å². The van der Waals surface area contributed by atoms with Crippen molar-refractivity contribution in [1.82, 2.24) is 9.29 Å². The number of sulfonamides is 1. The van der Waals surface area contributed by atoms with Crippen LogP contribution in [0.2, 0.25) is 0 Å².